The van der Waals surface area contributed by atoms with Gasteiger partial charge in [-0.2, -0.15) is 0 Å². The number of hydrogen-bond acceptors (Lipinski definition) is 3. The Bertz CT molecular complexity index is 249. The van der Waals surface area contributed by atoms with Crippen LogP contribution in [-0.4, -0.2) is 32.0 Å². The Kier molecular flexibility index (Phi) is 7.01. The summed E-state index contributed by atoms with van der Waals surface area (Å²) in [4.78, 5) is 0. The lowest BCUT2D eigenvalue weighted by Crippen LogP contribution is -2.52. The summed E-state index contributed by atoms with van der Waals surface area (Å²) < 4.78 is 18.5. The molecule has 0 amide bonds. The van der Waals surface area contributed by atoms with E-state index < -0.39 is 25.4 Å². The smallest absolute Gasteiger partial charge is 0.322 e. The molecule has 0 heterocycles. The lowest BCUT2D eigenvalue weighted by molar-refractivity contribution is 0.195. The second-order valence-electron chi connectivity index (χ2n) is 6.94. The predicted octanol–water partition coefficient (Wildman–Crippen LogP) is 4.32. The van der Waals surface area contributed by atoms with Crippen molar-refractivity contribution in [3.8, 4) is 0 Å². The Balaban J connectivity index is 4.37. The fourth-order valence-electron chi connectivity index (χ4n) is 1.84. The SMILES string of the molecule is CCC(C)CO[Si](C)(C)O[Si](C)(C)O[Si](C)(C)C. The van der Waals surface area contributed by atoms with E-state index in [1.165, 1.54) is 0 Å². The van der Waals surface area contributed by atoms with Crippen LogP contribution in [0.25, 0.3) is 0 Å². The van der Waals surface area contributed by atoms with Gasteiger partial charge in [0.15, 0.2) is 8.32 Å². The normalized spacial score (nSPS) is 15.8. The molecule has 0 aromatic carbocycles. The van der Waals surface area contributed by atoms with Crippen molar-refractivity contribution in [1.29, 1.82) is 0 Å². The third-order valence-electron chi connectivity index (χ3n) is 2.46. The Morgan fingerprint density at radius 1 is 0.833 bits per heavy atom. The molecule has 1 atom stereocenters. The van der Waals surface area contributed by atoms with Crippen molar-refractivity contribution in [3.63, 3.8) is 0 Å². The van der Waals surface area contributed by atoms with E-state index >= 15 is 0 Å². The predicted molar refractivity (Wildman–Crippen MR) is 85.9 cm³/mol. The molecule has 0 radical (unpaired) electrons. The monoisotopic (exact) mass is 308 g/mol. The van der Waals surface area contributed by atoms with Gasteiger partial charge in [0.2, 0.25) is 0 Å². The standard InChI is InChI=1S/C12H32O3Si3/c1-10-12(2)11-13-17(6,7)15-18(8,9)14-16(3,4)5/h12H,10-11H2,1-9H3. The van der Waals surface area contributed by atoms with Crippen molar-refractivity contribution >= 4 is 25.4 Å². The Hall–Kier alpha value is 0.531. The van der Waals surface area contributed by atoms with E-state index in [4.69, 9.17) is 12.7 Å². The van der Waals surface area contributed by atoms with E-state index in [-0.39, 0.29) is 0 Å². The summed E-state index contributed by atoms with van der Waals surface area (Å²) in [5, 5.41) is 0. The van der Waals surface area contributed by atoms with Gasteiger partial charge < -0.3 is 12.7 Å². The molecule has 0 fully saturated rings. The highest BCUT2D eigenvalue weighted by molar-refractivity contribution is 6.85. The first-order valence-electron chi connectivity index (χ1n) is 6.91. The molecule has 0 aliphatic heterocycles. The largest absolute Gasteiger partial charge is 0.437 e. The average molecular weight is 309 g/mol. The lowest BCUT2D eigenvalue weighted by atomic mass is 10.1. The molecule has 0 saturated heterocycles. The Labute approximate surface area is 117 Å². The first-order chi connectivity index (χ1) is 7.87. The van der Waals surface area contributed by atoms with E-state index in [9.17, 15) is 0 Å². The third kappa shape index (κ3) is 9.46. The van der Waals surface area contributed by atoms with E-state index in [0.717, 1.165) is 13.0 Å². The second kappa shape index (κ2) is 6.81. The zero-order valence-corrected chi connectivity index (χ0v) is 16.7. The molecule has 0 saturated carbocycles. The fraction of sp³-hybridized carbons (Fsp3) is 1.00. The molecule has 0 aromatic rings. The average Bonchev–Trinajstić information content (AvgIpc) is 2.08. The zero-order chi connectivity index (χ0) is 14.6. The maximum Gasteiger partial charge on any atom is 0.322 e. The summed E-state index contributed by atoms with van der Waals surface area (Å²) in [6, 6.07) is 0. The molecule has 0 N–H and O–H groups in total. The van der Waals surface area contributed by atoms with Crippen LogP contribution < -0.4 is 0 Å². The van der Waals surface area contributed by atoms with Crippen LogP contribution in [0.2, 0.25) is 45.8 Å². The van der Waals surface area contributed by atoms with Crippen molar-refractivity contribution in [1.82, 2.24) is 0 Å². The lowest BCUT2D eigenvalue weighted by Gasteiger charge is -2.37. The fourth-order valence-corrected chi connectivity index (χ4v) is 13.9. The van der Waals surface area contributed by atoms with Crippen LogP contribution in [0.4, 0.5) is 0 Å². The highest BCUT2D eigenvalue weighted by Crippen LogP contribution is 2.21. The van der Waals surface area contributed by atoms with E-state index in [1.54, 1.807) is 0 Å². The molecule has 0 spiro atoms. The minimum absolute atomic E-state index is 0.600. The number of rotatable bonds is 8. The van der Waals surface area contributed by atoms with Crippen molar-refractivity contribution < 1.29 is 12.7 Å². The highest BCUT2D eigenvalue weighted by atomic mass is 28.5. The second-order valence-corrected chi connectivity index (χ2v) is 18.7. The van der Waals surface area contributed by atoms with Crippen LogP contribution in [0.3, 0.4) is 0 Å². The number of hydrogen-bond donors (Lipinski definition) is 0. The summed E-state index contributed by atoms with van der Waals surface area (Å²) in [5.74, 6) is 0.600. The molecule has 0 aliphatic rings. The first kappa shape index (κ1) is 18.5. The molecule has 6 heteroatoms. The zero-order valence-electron chi connectivity index (χ0n) is 13.7. The Morgan fingerprint density at radius 2 is 1.33 bits per heavy atom. The first-order valence-corrected chi connectivity index (χ1v) is 16.0. The van der Waals surface area contributed by atoms with Gasteiger partial charge >= 0.3 is 17.1 Å². The highest BCUT2D eigenvalue weighted by Gasteiger charge is 2.39. The van der Waals surface area contributed by atoms with Crippen LogP contribution in [-0.2, 0) is 12.7 Å². The van der Waals surface area contributed by atoms with Crippen LogP contribution in [0.5, 0.6) is 0 Å². The minimum Gasteiger partial charge on any atom is -0.437 e. The molecule has 0 bridgehead atoms. The van der Waals surface area contributed by atoms with E-state index in [2.05, 4.69) is 59.7 Å². The van der Waals surface area contributed by atoms with Gasteiger partial charge in [0, 0.05) is 6.61 Å². The molecule has 1 unspecified atom stereocenters. The van der Waals surface area contributed by atoms with Crippen LogP contribution in [0.15, 0.2) is 0 Å². The van der Waals surface area contributed by atoms with Crippen molar-refractivity contribution in [2.45, 2.75) is 66.1 Å². The van der Waals surface area contributed by atoms with Gasteiger partial charge in [0.05, 0.1) is 0 Å². The molecule has 18 heavy (non-hydrogen) atoms. The summed E-state index contributed by atoms with van der Waals surface area (Å²) in [5.41, 5.74) is 0. The van der Waals surface area contributed by atoms with Gasteiger partial charge in [-0.1, -0.05) is 20.3 Å². The summed E-state index contributed by atoms with van der Waals surface area (Å²) in [7, 11) is -5.66. The summed E-state index contributed by atoms with van der Waals surface area (Å²) in [6.07, 6.45) is 1.15. The summed E-state index contributed by atoms with van der Waals surface area (Å²) in [6.45, 7) is 20.3. The van der Waals surface area contributed by atoms with E-state index in [0.29, 0.717) is 5.92 Å². The molecular weight excluding hydrogens is 276 g/mol. The maximum atomic E-state index is 6.26. The molecule has 3 nitrogen and oxygen atoms in total. The molecule has 110 valence electrons. The summed E-state index contributed by atoms with van der Waals surface area (Å²) >= 11 is 0. The van der Waals surface area contributed by atoms with Crippen LogP contribution in [0, 0.1) is 5.92 Å². The third-order valence-corrected chi connectivity index (χ3v) is 11.7. The van der Waals surface area contributed by atoms with Gasteiger partial charge in [-0.3, -0.25) is 0 Å². The van der Waals surface area contributed by atoms with Gasteiger partial charge in [-0.25, -0.2) is 0 Å². The molecular formula is C12H32O3Si3. The van der Waals surface area contributed by atoms with Crippen LogP contribution in [0.1, 0.15) is 20.3 Å². The van der Waals surface area contributed by atoms with Crippen molar-refractivity contribution in [3.05, 3.63) is 0 Å². The molecule has 0 rings (SSSR count). The molecule has 0 aromatic heterocycles. The van der Waals surface area contributed by atoms with E-state index in [1.807, 2.05) is 0 Å². The quantitative estimate of drug-likeness (QED) is 0.625. The topological polar surface area (TPSA) is 27.7 Å². The van der Waals surface area contributed by atoms with Crippen molar-refractivity contribution in [2.75, 3.05) is 6.61 Å². The van der Waals surface area contributed by atoms with Crippen LogP contribution >= 0.6 is 0 Å². The Morgan fingerprint density at radius 3 is 1.72 bits per heavy atom. The van der Waals surface area contributed by atoms with Crippen molar-refractivity contribution in [2.24, 2.45) is 5.92 Å². The van der Waals surface area contributed by atoms with Gasteiger partial charge in [0.25, 0.3) is 0 Å². The van der Waals surface area contributed by atoms with Gasteiger partial charge in [-0.15, -0.1) is 0 Å². The van der Waals surface area contributed by atoms with Gasteiger partial charge in [-0.05, 0) is 51.7 Å². The molecule has 0 aliphatic carbocycles. The minimum atomic E-state index is -2.06. The van der Waals surface area contributed by atoms with Gasteiger partial charge in [0.1, 0.15) is 0 Å². The maximum absolute atomic E-state index is 6.26.